The third-order valence-electron chi connectivity index (χ3n) is 3.94. The number of hydrogen-bond donors (Lipinski definition) is 1. The molecule has 1 aromatic rings. The lowest BCUT2D eigenvalue weighted by Gasteiger charge is -2.33. The topological polar surface area (TPSA) is 47.6 Å². The Morgan fingerprint density at radius 2 is 2.05 bits per heavy atom. The lowest BCUT2D eigenvalue weighted by atomic mass is 9.89. The summed E-state index contributed by atoms with van der Waals surface area (Å²) in [5.74, 6) is 0.933. The summed E-state index contributed by atoms with van der Waals surface area (Å²) in [6.07, 6.45) is 2.83. The number of carbonyl (C=O) groups is 1. The van der Waals surface area contributed by atoms with Crippen LogP contribution in [0, 0.1) is 5.92 Å². The normalized spacial score (nSPS) is 17.1. The molecular weight excluding hydrogens is 254 g/mol. The zero-order valence-corrected chi connectivity index (χ0v) is 12.4. The fourth-order valence-corrected chi connectivity index (χ4v) is 2.67. The van der Waals surface area contributed by atoms with Gasteiger partial charge in [0.05, 0.1) is 19.4 Å². The molecule has 110 valence electrons. The van der Waals surface area contributed by atoms with Crippen molar-refractivity contribution in [3.63, 3.8) is 0 Å². The zero-order valence-electron chi connectivity index (χ0n) is 12.4. The summed E-state index contributed by atoms with van der Waals surface area (Å²) in [7, 11) is 1.63. The Kier molecular flexibility index (Phi) is 4.53. The van der Waals surface area contributed by atoms with Crippen LogP contribution in [-0.2, 0) is 9.53 Å². The highest BCUT2D eigenvalue weighted by Crippen LogP contribution is 2.45. The minimum absolute atomic E-state index is 0.157. The summed E-state index contributed by atoms with van der Waals surface area (Å²) in [4.78, 5) is 12.5. The molecule has 0 bridgehead atoms. The summed E-state index contributed by atoms with van der Waals surface area (Å²) >= 11 is 0. The molecule has 1 unspecified atom stereocenters. The van der Waals surface area contributed by atoms with Crippen molar-refractivity contribution in [2.45, 2.75) is 38.6 Å². The van der Waals surface area contributed by atoms with Crippen LogP contribution in [0.1, 0.15) is 33.1 Å². The second-order valence-electron chi connectivity index (χ2n) is 5.14. The van der Waals surface area contributed by atoms with Crippen molar-refractivity contribution in [1.82, 2.24) is 0 Å². The van der Waals surface area contributed by atoms with Crippen molar-refractivity contribution in [2.75, 3.05) is 19.0 Å². The molecule has 2 rings (SSSR count). The van der Waals surface area contributed by atoms with E-state index in [4.69, 9.17) is 9.47 Å². The molecule has 0 radical (unpaired) electrons. The number of methoxy groups -OCH3 is 1. The molecule has 0 aliphatic heterocycles. The summed E-state index contributed by atoms with van der Waals surface area (Å²) in [6, 6.07) is 7.67. The first-order chi connectivity index (χ1) is 9.67. The predicted octanol–water partition coefficient (Wildman–Crippen LogP) is 3.23. The van der Waals surface area contributed by atoms with Crippen LogP contribution >= 0.6 is 0 Å². The molecule has 1 aromatic carbocycles. The molecule has 1 N–H and O–H groups in total. The molecule has 1 fully saturated rings. The Hall–Kier alpha value is -1.71. The third-order valence-corrected chi connectivity index (χ3v) is 3.94. The third kappa shape index (κ3) is 2.74. The summed E-state index contributed by atoms with van der Waals surface area (Å²) in [5, 5.41) is 3.41. The largest absolute Gasteiger partial charge is 0.495 e. The molecular formula is C16H23NO3. The molecule has 4 heteroatoms. The van der Waals surface area contributed by atoms with Gasteiger partial charge >= 0.3 is 5.97 Å². The van der Waals surface area contributed by atoms with Gasteiger partial charge in [0.15, 0.2) is 0 Å². The van der Waals surface area contributed by atoms with Crippen LogP contribution in [0.4, 0.5) is 5.69 Å². The van der Waals surface area contributed by atoms with Gasteiger partial charge < -0.3 is 14.8 Å². The fraction of sp³-hybridized carbons (Fsp3) is 0.562. The van der Waals surface area contributed by atoms with Crippen molar-refractivity contribution < 1.29 is 14.3 Å². The highest BCUT2D eigenvalue weighted by atomic mass is 16.5. The average Bonchev–Trinajstić information content (AvgIpc) is 3.30. The average molecular weight is 277 g/mol. The fourth-order valence-electron chi connectivity index (χ4n) is 2.67. The number of nitrogens with one attached hydrogen (secondary N) is 1. The second kappa shape index (κ2) is 6.16. The van der Waals surface area contributed by atoms with Gasteiger partial charge in [-0.25, -0.2) is 4.79 Å². The summed E-state index contributed by atoms with van der Waals surface area (Å²) in [6.45, 7) is 4.27. The van der Waals surface area contributed by atoms with E-state index in [1.54, 1.807) is 7.11 Å². The van der Waals surface area contributed by atoms with E-state index < -0.39 is 5.54 Å². The maximum absolute atomic E-state index is 12.5. The van der Waals surface area contributed by atoms with Gasteiger partial charge in [-0.2, -0.15) is 0 Å². The van der Waals surface area contributed by atoms with Gasteiger partial charge in [0.25, 0.3) is 0 Å². The summed E-state index contributed by atoms with van der Waals surface area (Å²) in [5.41, 5.74) is 0.210. The van der Waals surface area contributed by atoms with Crippen LogP contribution < -0.4 is 10.1 Å². The number of para-hydroxylation sites is 2. The number of anilines is 1. The Morgan fingerprint density at radius 1 is 1.35 bits per heavy atom. The monoisotopic (exact) mass is 277 g/mol. The van der Waals surface area contributed by atoms with Crippen LogP contribution in [0.2, 0.25) is 0 Å². The van der Waals surface area contributed by atoms with Gasteiger partial charge in [-0.1, -0.05) is 19.1 Å². The van der Waals surface area contributed by atoms with Crippen LogP contribution in [0.25, 0.3) is 0 Å². The summed E-state index contributed by atoms with van der Waals surface area (Å²) < 4.78 is 10.7. The number of ether oxygens (including phenoxy) is 2. The van der Waals surface area contributed by atoms with Gasteiger partial charge in [-0.15, -0.1) is 0 Å². The minimum atomic E-state index is -0.634. The molecule has 0 saturated heterocycles. The number of hydrogen-bond acceptors (Lipinski definition) is 4. The Morgan fingerprint density at radius 3 is 2.60 bits per heavy atom. The molecule has 1 atom stereocenters. The first-order valence-corrected chi connectivity index (χ1v) is 7.26. The van der Waals surface area contributed by atoms with E-state index in [0.29, 0.717) is 18.9 Å². The highest BCUT2D eigenvalue weighted by Gasteiger charge is 2.51. The lowest BCUT2D eigenvalue weighted by Crippen LogP contribution is -2.49. The van der Waals surface area contributed by atoms with Crippen molar-refractivity contribution >= 4 is 11.7 Å². The molecule has 4 nitrogen and oxygen atoms in total. The van der Waals surface area contributed by atoms with E-state index in [-0.39, 0.29) is 5.97 Å². The van der Waals surface area contributed by atoms with Gasteiger partial charge in [0.2, 0.25) is 0 Å². The molecule has 0 aromatic heterocycles. The molecule has 1 saturated carbocycles. The molecule has 0 heterocycles. The van der Waals surface area contributed by atoms with E-state index >= 15 is 0 Å². The van der Waals surface area contributed by atoms with Crippen molar-refractivity contribution in [2.24, 2.45) is 5.92 Å². The zero-order chi connectivity index (χ0) is 14.6. The molecule has 0 spiro atoms. The van der Waals surface area contributed by atoms with Gasteiger partial charge in [0.1, 0.15) is 11.3 Å². The van der Waals surface area contributed by atoms with Crippen LogP contribution in [0.5, 0.6) is 5.75 Å². The standard InChI is InChI=1S/C16H23NO3/c1-4-16(12-10-11-12,15(18)20-5-2)17-13-8-6-7-9-14(13)19-3/h6-9,12,17H,4-5,10-11H2,1-3H3. The molecule has 0 amide bonds. The smallest absolute Gasteiger partial charge is 0.332 e. The van der Waals surface area contributed by atoms with Gasteiger partial charge in [-0.05, 0) is 44.2 Å². The van der Waals surface area contributed by atoms with Gasteiger partial charge in [0, 0.05) is 0 Å². The van der Waals surface area contributed by atoms with E-state index in [1.807, 2.05) is 38.1 Å². The van der Waals surface area contributed by atoms with E-state index in [1.165, 1.54) is 0 Å². The number of benzene rings is 1. The van der Waals surface area contributed by atoms with Crippen molar-refractivity contribution in [3.05, 3.63) is 24.3 Å². The number of esters is 1. The first kappa shape index (κ1) is 14.7. The van der Waals surface area contributed by atoms with Crippen LogP contribution in [0.15, 0.2) is 24.3 Å². The second-order valence-corrected chi connectivity index (χ2v) is 5.14. The van der Waals surface area contributed by atoms with E-state index in [2.05, 4.69) is 5.32 Å². The van der Waals surface area contributed by atoms with E-state index in [9.17, 15) is 4.79 Å². The molecule has 1 aliphatic carbocycles. The van der Waals surface area contributed by atoms with Gasteiger partial charge in [-0.3, -0.25) is 0 Å². The van der Waals surface area contributed by atoms with Crippen molar-refractivity contribution in [3.8, 4) is 5.75 Å². The minimum Gasteiger partial charge on any atom is -0.495 e. The lowest BCUT2D eigenvalue weighted by molar-refractivity contribution is -0.149. The Labute approximate surface area is 120 Å². The predicted molar refractivity (Wildman–Crippen MR) is 79.0 cm³/mol. The molecule has 1 aliphatic rings. The van der Waals surface area contributed by atoms with Crippen LogP contribution in [-0.4, -0.2) is 25.2 Å². The quantitative estimate of drug-likeness (QED) is 0.777. The maximum Gasteiger partial charge on any atom is 0.332 e. The highest BCUT2D eigenvalue weighted by molar-refractivity contribution is 5.86. The van der Waals surface area contributed by atoms with E-state index in [0.717, 1.165) is 24.3 Å². The maximum atomic E-state index is 12.5. The number of carbonyl (C=O) groups excluding carboxylic acids is 1. The Balaban J connectivity index is 2.30. The number of rotatable bonds is 7. The van der Waals surface area contributed by atoms with Crippen LogP contribution in [0.3, 0.4) is 0 Å². The SMILES string of the molecule is CCOC(=O)C(CC)(Nc1ccccc1OC)C1CC1. The van der Waals surface area contributed by atoms with Crippen molar-refractivity contribution in [1.29, 1.82) is 0 Å². The molecule has 20 heavy (non-hydrogen) atoms. The first-order valence-electron chi connectivity index (χ1n) is 7.26. The Bertz CT molecular complexity index is 471.